The first kappa shape index (κ1) is 54.7. The van der Waals surface area contributed by atoms with Gasteiger partial charge in [0.05, 0.1) is 22.3 Å². The second kappa shape index (κ2) is 26.2. The van der Waals surface area contributed by atoms with Crippen LogP contribution in [0.15, 0.2) is 207 Å². The summed E-state index contributed by atoms with van der Waals surface area (Å²) >= 11 is 0. The van der Waals surface area contributed by atoms with Crippen LogP contribution >= 0.6 is 0 Å². The minimum absolute atomic E-state index is 0.436. The number of hydrogen-bond donors (Lipinski definition) is 0. The summed E-state index contributed by atoms with van der Waals surface area (Å²) in [4.78, 5) is 17.6. The number of furan rings is 4. The molecule has 0 bridgehead atoms. The Labute approximate surface area is 572 Å². The molecule has 0 saturated heterocycles. The van der Waals surface area contributed by atoms with Crippen molar-refractivity contribution in [2.24, 2.45) is 28.2 Å². The second-order valence-electron chi connectivity index (χ2n) is 25.3. The van der Waals surface area contributed by atoms with E-state index in [1.807, 2.05) is 183 Å². The fourth-order valence-electron chi connectivity index (χ4n) is 12.8. The molecule has 0 aliphatic rings. The number of aromatic nitrogens is 8. The zero-order chi connectivity index (χ0) is 74.4. The summed E-state index contributed by atoms with van der Waals surface area (Å²) in [5, 5.41) is 8.11. The lowest BCUT2D eigenvalue weighted by Gasteiger charge is -2.09. The monoisotopic (exact) mass is 1280 g/mol. The Bertz CT molecular complexity index is 5870. The number of pyridine rings is 8. The molecule has 16 rings (SSSR count). The summed E-state index contributed by atoms with van der Waals surface area (Å²) in [5.74, 6) is -3.02. The molecule has 12 heteroatoms. The molecule has 0 radical (unpaired) electrons. The van der Waals surface area contributed by atoms with E-state index >= 15 is 0 Å². The summed E-state index contributed by atoms with van der Waals surface area (Å²) in [6.07, 6.45) is 11.5. The molecule has 1 atom stereocenters. The highest BCUT2D eigenvalue weighted by molar-refractivity contribution is 6.12. The van der Waals surface area contributed by atoms with Gasteiger partial charge in [-0.05, 0) is 152 Å². The highest BCUT2D eigenvalue weighted by Crippen LogP contribution is 2.41. The summed E-state index contributed by atoms with van der Waals surface area (Å²) in [5.41, 5.74) is 21.8. The summed E-state index contributed by atoms with van der Waals surface area (Å²) < 4.78 is 97.1. The van der Waals surface area contributed by atoms with Gasteiger partial charge in [-0.25, -0.2) is 38.2 Å². The Kier molecular flexibility index (Phi) is 14.9. The Morgan fingerprint density at radius 3 is 1.04 bits per heavy atom. The maximum absolute atomic E-state index is 8.45. The first-order valence-corrected chi connectivity index (χ1v) is 32.2. The molecule has 0 saturated carbocycles. The summed E-state index contributed by atoms with van der Waals surface area (Å²) in [7, 11) is 7.91. The molecule has 0 amide bonds. The van der Waals surface area contributed by atoms with Crippen LogP contribution in [0.2, 0.25) is 0 Å². The van der Waals surface area contributed by atoms with Gasteiger partial charge in [0.25, 0.3) is 0 Å². The lowest BCUT2D eigenvalue weighted by atomic mass is 9.97. The number of fused-ring (bicyclic) bond motifs is 12. The Morgan fingerprint density at radius 2 is 0.698 bits per heavy atom. The van der Waals surface area contributed by atoms with Crippen LogP contribution in [0.1, 0.15) is 127 Å². The highest BCUT2D eigenvalue weighted by Gasteiger charge is 2.27. The van der Waals surface area contributed by atoms with Crippen molar-refractivity contribution in [3.63, 3.8) is 0 Å². The molecule has 0 N–H and O–H groups in total. The van der Waals surface area contributed by atoms with Crippen molar-refractivity contribution in [2.45, 2.75) is 107 Å². The van der Waals surface area contributed by atoms with E-state index in [1.54, 1.807) is 43.8 Å². The first-order chi connectivity index (χ1) is 49.1. The molecule has 0 spiro atoms. The normalized spacial score (nSPS) is 14.0. The van der Waals surface area contributed by atoms with E-state index < -0.39 is 30.9 Å². The Hall–Kier alpha value is -10.7. The lowest BCUT2D eigenvalue weighted by Crippen LogP contribution is -2.31. The fraction of sp³-hybridized carbons (Fsp3) is 0.238. The van der Waals surface area contributed by atoms with Crippen molar-refractivity contribution in [3.8, 4) is 45.0 Å². The molecule has 1 unspecified atom stereocenters. The molecule has 0 aliphatic carbocycles. The van der Waals surface area contributed by atoms with E-state index in [-0.39, 0.29) is 0 Å². The fourth-order valence-corrected chi connectivity index (χ4v) is 12.8. The van der Waals surface area contributed by atoms with Gasteiger partial charge in [-0.15, -0.1) is 0 Å². The van der Waals surface area contributed by atoms with Gasteiger partial charge in [-0.2, -0.15) is 0 Å². The van der Waals surface area contributed by atoms with Crippen molar-refractivity contribution in [3.05, 3.63) is 239 Å². The maximum Gasteiger partial charge on any atom is 0.227 e. The third kappa shape index (κ3) is 11.9. The average Bonchev–Trinajstić information content (AvgIpc) is 1.58. The van der Waals surface area contributed by atoms with Crippen LogP contribution in [0.25, 0.3) is 133 Å². The van der Waals surface area contributed by atoms with Gasteiger partial charge in [0, 0.05) is 127 Å². The third-order valence-corrected chi connectivity index (χ3v) is 18.2. The number of nitrogens with zero attached hydrogens (tertiary/aromatic N) is 8. The Morgan fingerprint density at radius 1 is 0.385 bits per heavy atom. The first-order valence-electron chi connectivity index (χ1n) is 36.2. The van der Waals surface area contributed by atoms with Crippen molar-refractivity contribution in [1.82, 2.24) is 19.9 Å². The van der Waals surface area contributed by atoms with E-state index in [1.165, 1.54) is 6.92 Å². The van der Waals surface area contributed by atoms with Crippen molar-refractivity contribution in [1.29, 1.82) is 0 Å². The quantitative estimate of drug-likeness (QED) is 0.138. The van der Waals surface area contributed by atoms with Crippen LogP contribution in [0.5, 0.6) is 0 Å². The molecule has 12 aromatic heterocycles. The molecule has 16 aromatic rings. The molecule has 480 valence electrons. The van der Waals surface area contributed by atoms with Crippen LogP contribution in [0.4, 0.5) is 0 Å². The summed E-state index contributed by atoms with van der Waals surface area (Å²) in [6.45, 7) is 18.4. The molecule has 0 aliphatic heterocycles. The maximum atomic E-state index is 8.45. The van der Waals surface area contributed by atoms with Crippen LogP contribution in [-0.2, 0) is 34.6 Å². The van der Waals surface area contributed by atoms with Crippen LogP contribution < -0.4 is 18.3 Å². The molecule has 0 fully saturated rings. The lowest BCUT2D eigenvalue weighted by molar-refractivity contribution is -0.660. The van der Waals surface area contributed by atoms with Crippen LogP contribution in [-0.4, -0.2) is 19.9 Å². The highest BCUT2D eigenvalue weighted by atomic mass is 16.4. The molecular formula is C84H84N8O4+4. The zero-order valence-corrected chi connectivity index (χ0v) is 57.1. The van der Waals surface area contributed by atoms with E-state index in [0.717, 1.165) is 144 Å². The standard InChI is InChI=1S/C22H23N2O.2C21H21N2O.C20H19N2O/c1-13(2)16-10-11-24(5)19(12-16)20-14(3)6-8-17-18-9-7-15(4)23-22(18)25-21(17)20;2*1-13(2)15-9-11-23(4)18(12-15)19-14(3)7-8-16-17-6-5-10-22-21(17)24-20(16)19;1-4-14-9-11-22(3)17(12-14)18-13(2)7-8-15-16-6-5-10-21-20(16)23-19(15)18/h6-13H,1-5H3;2*5-13H,1-4H3;5-12H,4H2,1-3H3/q4*+1/i13D;1D3,13D;13D;4D2. The smallest absolute Gasteiger partial charge is 0.227 e. The minimum atomic E-state index is -2.44. The van der Waals surface area contributed by atoms with Gasteiger partial charge in [0.1, 0.15) is 28.2 Å². The molecule has 12 nitrogen and oxygen atoms in total. The van der Waals surface area contributed by atoms with E-state index in [9.17, 15) is 0 Å². The van der Waals surface area contributed by atoms with Crippen molar-refractivity contribution in [2.75, 3.05) is 0 Å². The SMILES string of the molecule is [2H]C(C)(C)c1cc[n+](C)c(-c2c(C)ccc3c2oc2nc(C)ccc23)c1.[2H]C(C)(C)c1cc[n+](C)c(-c2c(C)ccc3c2oc2ncccc23)c1.[2H]C([2H])(C)c1cc[n+](C)c(-c2c(C)ccc3c2oc2ncccc23)c1.[2H]C([2H])([2H])C([2H])(C)c1cc[n+](C)c(-c2c(C)ccc3c2oc2ncccc23)c1. The Balaban J connectivity index is 0.000000123. The third-order valence-electron chi connectivity index (χ3n) is 18.2. The number of benzene rings is 4. The van der Waals surface area contributed by atoms with Gasteiger partial charge in [-0.1, -0.05) is 96.9 Å². The molecular weight excluding hydrogens is 1180 g/mol. The van der Waals surface area contributed by atoms with Gasteiger partial charge in [0.15, 0.2) is 47.1 Å². The predicted molar refractivity (Wildman–Crippen MR) is 388 cm³/mol. The number of hydrogen-bond acceptors (Lipinski definition) is 8. The molecule has 4 aromatic carbocycles. The largest absolute Gasteiger partial charge is 0.437 e. The van der Waals surface area contributed by atoms with Crippen LogP contribution in [0.3, 0.4) is 0 Å². The van der Waals surface area contributed by atoms with Gasteiger partial charge < -0.3 is 17.7 Å². The van der Waals surface area contributed by atoms with E-state index in [2.05, 4.69) is 97.5 Å². The van der Waals surface area contributed by atoms with Gasteiger partial charge in [-0.3, -0.25) is 0 Å². The minimum Gasteiger partial charge on any atom is -0.437 e. The second-order valence-corrected chi connectivity index (χ2v) is 25.3. The molecule has 12 heterocycles. The zero-order valence-electron chi connectivity index (χ0n) is 65.1. The average molecular weight is 1280 g/mol. The number of aryl methyl sites for hydroxylation is 10. The van der Waals surface area contributed by atoms with Crippen LogP contribution in [0, 0.1) is 34.6 Å². The van der Waals surface area contributed by atoms with Crippen molar-refractivity contribution >= 4 is 88.3 Å². The van der Waals surface area contributed by atoms with E-state index in [0.29, 0.717) is 39.6 Å². The van der Waals surface area contributed by atoms with Gasteiger partial charge >= 0.3 is 0 Å². The summed E-state index contributed by atoms with van der Waals surface area (Å²) in [6, 6.07) is 47.9. The predicted octanol–water partition coefficient (Wildman–Crippen LogP) is 19.4. The topological polar surface area (TPSA) is 120 Å². The van der Waals surface area contributed by atoms with E-state index in [4.69, 9.17) is 28.6 Å². The number of rotatable bonds is 8. The van der Waals surface area contributed by atoms with Crippen molar-refractivity contribution < 1.29 is 46.9 Å². The van der Waals surface area contributed by atoms with Gasteiger partial charge in [0.2, 0.25) is 45.6 Å². The molecule has 96 heavy (non-hydrogen) atoms.